The maximum Gasteiger partial charge on any atom is 0.0245 e. The maximum atomic E-state index is 3.72. The Kier molecular flexibility index (Phi) is 4.82. The van der Waals surface area contributed by atoms with Crippen LogP contribution < -0.4 is 5.32 Å². The smallest absolute Gasteiger partial charge is 0.0245 e. The first kappa shape index (κ1) is 13.5. The van der Waals surface area contributed by atoms with Gasteiger partial charge < -0.3 is 5.32 Å². The van der Waals surface area contributed by atoms with Crippen LogP contribution in [0.25, 0.3) is 0 Å². The summed E-state index contributed by atoms with van der Waals surface area (Å²) in [5.41, 5.74) is 1.81. The largest absolute Gasteiger partial charge is 0.311 e. The zero-order chi connectivity index (χ0) is 10.7. The molecular weight excluding hydrogens is 218 g/mol. The van der Waals surface area contributed by atoms with E-state index in [9.17, 15) is 0 Å². The molecular formula is C14H22ClN. The lowest BCUT2D eigenvalue weighted by Crippen LogP contribution is -2.46. The van der Waals surface area contributed by atoms with Crippen LogP contribution in [0.4, 0.5) is 0 Å². The zero-order valence-corrected chi connectivity index (χ0v) is 11.0. The average molecular weight is 240 g/mol. The molecule has 1 aromatic rings. The van der Waals surface area contributed by atoms with Gasteiger partial charge in [-0.2, -0.15) is 0 Å². The highest BCUT2D eigenvalue weighted by molar-refractivity contribution is 5.85. The van der Waals surface area contributed by atoms with Crippen molar-refractivity contribution < 1.29 is 0 Å². The minimum absolute atomic E-state index is 0. The van der Waals surface area contributed by atoms with Crippen molar-refractivity contribution in [2.24, 2.45) is 5.92 Å². The zero-order valence-electron chi connectivity index (χ0n) is 10.2. The normalized spacial score (nSPS) is 24.4. The summed E-state index contributed by atoms with van der Waals surface area (Å²) < 4.78 is 0. The van der Waals surface area contributed by atoms with Gasteiger partial charge in [0.2, 0.25) is 0 Å². The van der Waals surface area contributed by atoms with Gasteiger partial charge in [0, 0.05) is 5.54 Å². The molecule has 0 spiro atoms. The summed E-state index contributed by atoms with van der Waals surface area (Å²) in [7, 11) is 0. The predicted octanol–water partition coefficient (Wildman–Crippen LogP) is 3.43. The summed E-state index contributed by atoms with van der Waals surface area (Å²) in [5, 5.41) is 3.72. The van der Waals surface area contributed by atoms with E-state index in [4.69, 9.17) is 0 Å². The standard InChI is InChI=1S/C14H21N.ClH/c1-12(2)14(9-6-10-15-14)11-13-7-4-3-5-8-13;/h3-5,7-8,12,15H,6,9-11H2,1-2H3;1H. The van der Waals surface area contributed by atoms with Crippen molar-refractivity contribution in [3.63, 3.8) is 0 Å². The van der Waals surface area contributed by atoms with Gasteiger partial charge in [-0.25, -0.2) is 0 Å². The van der Waals surface area contributed by atoms with Crippen LogP contribution in [0.15, 0.2) is 30.3 Å². The van der Waals surface area contributed by atoms with Gasteiger partial charge in [-0.15, -0.1) is 12.4 Å². The molecule has 1 aliphatic rings. The van der Waals surface area contributed by atoms with Crippen molar-refractivity contribution in [1.29, 1.82) is 0 Å². The van der Waals surface area contributed by atoms with Gasteiger partial charge in [0.1, 0.15) is 0 Å². The van der Waals surface area contributed by atoms with Crippen molar-refractivity contribution in [3.8, 4) is 0 Å². The second-order valence-electron chi connectivity index (χ2n) is 5.00. The lowest BCUT2D eigenvalue weighted by Gasteiger charge is -2.34. The molecule has 1 aliphatic heterocycles. The number of halogens is 1. The molecule has 0 aromatic heterocycles. The Morgan fingerprint density at radius 2 is 1.94 bits per heavy atom. The molecule has 1 aromatic carbocycles. The van der Waals surface area contributed by atoms with E-state index in [1.807, 2.05) is 0 Å². The lowest BCUT2D eigenvalue weighted by molar-refractivity contribution is 0.269. The Morgan fingerprint density at radius 3 is 2.44 bits per heavy atom. The van der Waals surface area contributed by atoms with Crippen LogP contribution in [0.3, 0.4) is 0 Å². The Balaban J connectivity index is 0.00000128. The summed E-state index contributed by atoms with van der Waals surface area (Å²) in [4.78, 5) is 0. The number of hydrogen-bond acceptors (Lipinski definition) is 1. The molecule has 1 unspecified atom stereocenters. The van der Waals surface area contributed by atoms with Crippen molar-refractivity contribution in [1.82, 2.24) is 5.32 Å². The summed E-state index contributed by atoms with van der Waals surface area (Å²) in [6.07, 6.45) is 3.82. The molecule has 1 atom stereocenters. The third-order valence-electron chi connectivity index (χ3n) is 3.74. The van der Waals surface area contributed by atoms with E-state index in [1.54, 1.807) is 0 Å². The molecule has 0 bridgehead atoms. The number of benzene rings is 1. The van der Waals surface area contributed by atoms with Crippen LogP contribution in [0.5, 0.6) is 0 Å². The molecule has 90 valence electrons. The summed E-state index contributed by atoms with van der Waals surface area (Å²) in [6.45, 7) is 5.85. The van der Waals surface area contributed by atoms with Crippen LogP contribution in [0.2, 0.25) is 0 Å². The molecule has 1 saturated heterocycles. The minimum Gasteiger partial charge on any atom is -0.311 e. The van der Waals surface area contributed by atoms with Crippen molar-refractivity contribution in [2.45, 2.75) is 38.6 Å². The Labute approximate surface area is 105 Å². The molecule has 1 N–H and O–H groups in total. The first-order chi connectivity index (χ1) is 7.23. The highest BCUT2D eigenvalue weighted by atomic mass is 35.5. The van der Waals surface area contributed by atoms with Crippen LogP contribution in [-0.4, -0.2) is 12.1 Å². The molecule has 0 amide bonds. The van der Waals surface area contributed by atoms with Gasteiger partial charge in [0.25, 0.3) is 0 Å². The van der Waals surface area contributed by atoms with E-state index >= 15 is 0 Å². The summed E-state index contributed by atoms with van der Waals surface area (Å²) in [5.74, 6) is 0.709. The van der Waals surface area contributed by atoms with E-state index in [-0.39, 0.29) is 12.4 Å². The topological polar surface area (TPSA) is 12.0 Å². The maximum absolute atomic E-state index is 3.72. The average Bonchev–Trinajstić information content (AvgIpc) is 2.69. The third-order valence-corrected chi connectivity index (χ3v) is 3.74. The van der Waals surface area contributed by atoms with Crippen molar-refractivity contribution in [3.05, 3.63) is 35.9 Å². The molecule has 1 heterocycles. The SMILES string of the molecule is CC(C)C1(Cc2ccccc2)CCCN1.Cl. The van der Waals surface area contributed by atoms with Crippen LogP contribution in [0.1, 0.15) is 32.3 Å². The molecule has 2 rings (SSSR count). The van der Waals surface area contributed by atoms with E-state index in [2.05, 4.69) is 49.5 Å². The van der Waals surface area contributed by atoms with Gasteiger partial charge >= 0.3 is 0 Å². The molecule has 16 heavy (non-hydrogen) atoms. The minimum atomic E-state index is 0. The number of hydrogen-bond donors (Lipinski definition) is 1. The first-order valence-electron chi connectivity index (χ1n) is 6.02. The van der Waals surface area contributed by atoms with Crippen molar-refractivity contribution >= 4 is 12.4 Å². The molecule has 0 radical (unpaired) electrons. The predicted molar refractivity (Wildman–Crippen MR) is 72.2 cm³/mol. The second kappa shape index (κ2) is 5.70. The van der Waals surface area contributed by atoms with Crippen LogP contribution >= 0.6 is 12.4 Å². The lowest BCUT2D eigenvalue weighted by atomic mass is 9.80. The summed E-state index contributed by atoms with van der Waals surface area (Å²) >= 11 is 0. The van der Waals surface area contributed by atoms with Gasteiger partial charge in [0.15, 0.2) is 0 Å². The van der Waals surface area contributed by atoms with Crippen molar-refractivity contribution in [2.75, 3.05) is 6.54 Å². The van der Waals surface area contributed by atoms with E-state index in [0.29, 0.717) is 11.5 Å². The monoisotopic (exact) mass is 239 g/mol. The molecule has 0 aliphatic carbocycles. The fourth-order valence-electron chi connectivity index (χ4n) is 2.64. The van der Waals surface area contributed by atoms with Gasteiger partial charge in [-0.05, 0) is 37.3 Å². The van der Waals surface area contributed by atoms with Gasteiger partial charge in [-0.1, -0.05) is 44.2 Å². The van der Waals surface area contributed by atoms with Crippen LogP contribution in [-0.2, 0) is 6.42 Å². The van der Waals surface area contributed by atoms with E-state index in [1.165, 1.54) is 31.4 Å². The molecule has 2 heteroatoms. The number of nitrogens with one attached hydrogen (secondary N) is 1. The second-order valence-corrected chi connectivity index (χ2v) is 5.00. The van der Waals surface area contributed by atoms with Gasteiger partial charge in [0.05, 0.1) is 0 Å². The Hall–Kier alpha value is -0.530. The Morgan fingerprint density at radius 1 is 1.25 bits per heavy atom. The molecule has 0 saturated carbocycles. The van der Waals surface area contributed by atoms with E-state index < -0.39 is 0 Å². The third kappa shape index (κ3) is 2.78. The molecule has 1 nitrogen and oxygen atoms in total. The number of rotatable bonds is 3. The fraction of sp³-hybridized carbons (Fsp3) is 0.571. The first-order valence-corrected chi connectivity index (χ1v) is 6.02. The summed E-state index contributed by atoms with van der Waals surface area (Å²) in [6, 6.07) is 10.8. The fourth-order valence-corrected chi connectivity index (χ4v) is 2.64. The van der Waals surface area contributed by atoms with Crippen LogP contribution in [0, 0.1) is 5.92 Å². The van der Waals surface area contributed by atoms with Gasteiger partial charge in [-0.3, -0.25) is 0 Å². The van der Waals surface area contributed by atoms with E-state index in [0.717, 1.165) is 0 Å². The quantitative estimate of drug-likeness (QED) is 0.852. The Bertz CT molecular complexity index is 302. The highest BCUT2D eigenvalue weighted by Crippen LogP contribution is 2.31. The molecule has 1 fully saturated rings. The highest BCUT2D eigenvalue weighted by Gasteiger charge is 2.36.